The maximum absolute atomic E-state index is 13.8. The third kappa shape index (κ3) is 4.36. The van der Waals surface area contributed by atoms with Crippen molar-refractivity contribution in [1.29, 1.82) is 0 Å². The number of carbonyl (C=O) groups is 1. The predicted octanol–water partition coefficient (Wildman–Crippen LogP) is 2.96. The van der Waals surface area contributed by atoms with Crippen LogP contribution < -0.4 is 10.2 Å². The van der Waals surface area contributed by atoms with Crippen LogP contribution in [0.1, 0.15) is 9.67 Å². The van der Waals surface area contributed by atoms with Crippen molar-refractivity contribution < 1.29 is 14.1 Å². The van der Waals surface area contributed by atoms with Crippen LogP contribution in [-0.4, -0.2) is 60.0 Å². The Bertz CT molecular complexity index is 1050. The molecule has 1 N–H and O–H groups in total. The van der Waals surface area contributed by atoms with Gasteiger partial charge in [-0.05, 0) is 18.2 Å². The summed E-state index contributed by atoms with van der Waals surface area (Å²) < 4.78 is 14.7. The number of benzene rings is 1. The number of nitrogens with zero attached hydrogens (tertiary/aromatic N) is 4. The lowest BCUT2D eigenvalue weighted by Crippen LogP contribution is -2.48. The molecule has 0 radical (unpaired) electrons. The van der Waals surface area contributed by atoms with Gasteiger partial charge in [-0.15, -0.1) is 0 Å². The number of carbonyl (C=O) groups excluding carboxylic acids is 1. The van der Waals surface area contributed by atoms with Gasteiger partial charge < -0.3 is 10.2 Å². The summed E-state index contributed by atoms with van der Waals surface area (Å²) >= 11 is 2.37. The maximum Gasteiger partial charge on any atom is 0.324 e. The van der Waals surface area contributed by atoms with E-state index in [4.69, 9.17) is 0 Å². The smallest absolute Gasteiger partial charge is 0.324 e. The van der Waals surface area contributed by atoms with Gasteiger partial charge >= 0.3 is 5.00 Å². The summed E-state index contributed by atoms with van der Waals surface area (Å²) in [5.41, 5.74) is 0.423. The van der Waals surface area contributed by atoms with E-state index >= 15 is 0 Å². The van der Waals surface area contributed by atoms with Gasteiger partial charge in [-0.1, -0.05) is 28.7 Å². The Morgan fingerprint density at radius 3 is 2.69 bits per heavy atom. The van der Waals surface area contributed by atoms with Gasteiger partial charge in [0, 0.05) is 45.3 Å². The molecule has 152 valence electrons. The highest BCUT2D eigenvalue weighted by Crippen LogP contribution is 2.30. The number of aromatic nitrogens is 1. The Morgan fingerprint density at radius 2 is 2.00 bits per heavy atom. The Hall–Kier alpha value is -2.63. The van der Waals surface area contributed by atoms with Crippen molar-refractivity contribution in [3.63, 3.8) is 0 Å². The Labute approximate surface area is 173 Å². The van der Waals surface area contributed by atoms with Crippen molar-refractivity contribution in [2.75, 3.05) is 44.2 Å². The van der Waals surface area contributed by atoms with Crippen LogP contribution >= 0.6 is 22.7 Å². The number of para-hydroxylation sites is 1. The molecule has 1 amide bonds. The normalized spacial score (nSPS) is 15.0. The zero-order chi connectivity index (χ0) is 20.4. The van der Waals surface area contributed by atoms with Gasteiger partial charge in [-0.3, -0.25) is 19.8 Å². The number of hydrogen-bond donors (Lipinski definition) is 1. The van der Waals surface area contributed by atoms with Crippen molar-refractivity contribution in [2.45, 2.75) is 0 Å². The number of nitrogens with one attached hydrogen (secondary N) is 1. The number of halogens is 1. The van der Waals surface area contributed by atoms with E-state index in [9.17, 15) is 19.3 Å². The number of rotatable bonds is 6. The van der Waals surface area contributed by atoms with Crippen molar-refractivity contribution >= 4 is 48.9 Å². The van der Waals surface area contributed by atoms with E-state index in [1.165, 1.54) is 29.5 Å². The minimum atomic E-state index is -0.499. The van der Waals surface area contributed by atoms with E-state index in [0.29, 0.717) is 23.5 Å². The number of fused-ring (bicyclic) bond motifs is 1. The molecule has 8 nitrogen and oxygen atoms in total. The molecule has 3 aromatic rings. The number of piperazine rings is 1. The predicted molar refractivity (Wildman–Crippen MR) is 112 cm³/mol. The molecule has 0 spiro atoms. The molecule has 0 unspecified atom stereocenters. The van der Waals surface area contributed by atoms with E-state index in [-0.39, 0.29) is 16.7 Å². The molecule has 3 heterocycles. The van der Waals surface area contributed by atoms with Crippen LogP contribution in [0.25, 0.3) is 10.2 Å². The summed E-state index contributed by atoms with van der Waals surface area (Å²) in [6, 6.07) is 7.80. The average molecular weight is 436 g/mol. The topological polar surface area (TPSA) is 91.6 Å². The van der Waals surface area contributed by atoms with Gasteiger partial charge in [0.1, 0.15) is 11.3 Å². The van der Waals surface area contributed by atoms with E-state index in [1.54, 1.807) is 6.07 Å². The summed E-state index contributed by atoms with van der Waals surface area (Å²) in [6.45, 7) is 4.37. The van der Waals surface area contributed by atoms with Crippen molar-refractivity contribution in [2.24, 2.45) is 0 Å². The zero-order valence-corrected chi connectivity index (χ0v) is 17.0. The summed E-state index contributed by atoms with van der Waals surface area (Å²) in [5, 5.41) is 14.3. The number of thiazole rings is 1. The van der Waals surface area contributed by atoms with Crippen LogP contribution in [0.4, 0.5) is 14.5 Å². The van der Waals surface area contributed by atoms with Crippen molar-refractivity contribution in [3.05, 3.63) is 51.1 Å². The molecule has 0 bridgehead atoms. The van der Waals surface area contributed by atoms with Gasteiger partial charge in [-0.25, -0.2) is 9.37 Å². The zero-order valence-electron chi connectivity index (χ0n) is 15.3. The lowest BCUT2D eigenvalue weighted by atomic mass is 10.3. The van der Waals surface area contributed by atoms with E-state index in [2.05, 4.69) is 20.1 Å². The Balaban J connectivity index is 1.25. The summed E-state index contributed by atoms with van der Waals surface area (Å²) in [5.74, 6) is -0.589. The fourth-order valence-electron chi connectivity index (χ4n) is 3.16. The van der Waals surface area contributed by atoms with Gasteiger partial charge in [-0.2, -0.15) is 0 Å². The molecule has 4 rings (SSSR count). The average Bonchev–Trinajstić information content (AvgIpc) is 3.37. The first-order valence-electron chi connectivity index (χ1n) is 9.06. The molecule has 11 heteroatoms. The van der Waals surface area contributed by atoms with Crippen LogP contribution in [0.15, 0.2) is 30.3 Å². The first-order valence-corrected chi connectivity index (χ1v) is 10.7. The number of anilines is 1. The third-order valence-electron chi connectivity index (χ3n) is 4.71. The fourth-order valence-corrected chi connectivity index (χ4v) is 4.93. The van der Waals surface area contributed by atoms with Crippen LogP contribution in [0.2, 0.25) is 0 Å². The minimum absolute atomic E-state index is 0.0407. The van der Waals surface area contributed by atoms with Crippen LogP contribution in [-0.2, 0) is 0 Å². The summed E-state index contributed by atoms with van der Waals surface area (Å²) in [6.07, 6.45) is 0. The summed E-state index contributed by atoms with van der Waals surface area (Å²) in [4.78, 5) is 31.5. The Morgan fingerprint density at radius 1 is 1.21 bits per heavy atom. The van der Waals surface area contributed by atoms with Crippen LogP contribution in [0, 0.1) is 15.9 Å². The second kappa shape index (κ2) is 8.39. The molecule has 1 aliphatic heterocycles. The second-order valence-electron chi connectivity index (χ2n) is 6.56. The van der Waals surface area contributed by atoms with E-state index < -0.39 is 4.92 Å². The SMILES string of the molecule is O=C(NCCN1CCN(c2nc3c(F)cccc3s2)CC1)c1ccc([N+](=O)[O-])s1. The molecule has 0 saturated carbocycles. The Kier molecular flexibility index (Phi) is 5.69. The van der Waals surface area contributed by atoms with Gasteiger partial charge in [0.05, 0.1) is 14.5 Å². The van der Waals surface area contributed by atoms with Crippen molar-refractivity contribution in [3.8, 4) is 0 Å². The molecule has 1 aromatic carbocycles. The monoisotopic (exact) mass is 435 g/mol. The minimum Gasteiger partial charge on any atom is -0.350 e. The van der Waals surface area contributed by atoms with Crippen molar-refractivity contribution in [1.82, 2.24) is 15.2 Å². The second-order valence-corrected chi connectivity index (χ2v) is 8.63. The molecule has 1 fully saturated rings. The van der Waals surface area contributed by atoms with Crippen LogP contribution in [0.3, 0.4) is 0 Å². The lowest BCUT2D eigenvalue weighted by Gasteiger charge is -2.34. The largest absolute Gasteiger partial charge is 0.350 e. The molecular formula is C18H18FN5O3S2. The molecule has 29 heavy (non-hydrogen) atoms. The first-order chi connectivity index (χ1) is 14.0. The summed E-state index contributed by atoms with van der Waals surface area (Å²) in [7, 11) is 0. The van der Waals surface area contributed by atoms with Gasteiger partial charge in [0.15, 0.2) is 5.13 Å². The standard InChI is InChI=1S/C18H18FN5O3S2/c19-12-2-1-3-13-16(12)21-18(29-13)23-10-8-22(9-11-23)7-6-20-17(25)14-4-5-15(28-14)24(26)27/h1-5H,6-11H2,(H,20,25). The highest BCUT2D eigenvalue weighted by atomic mass is 32.1. The molecule has 0 aliphatic carbocycles. The molecule has 1 aliphatic rings. The van der Waals surface area contributed by atoms with Gasteiger partial charge in [0.2, 0.25) is 0 Å². The van der Waals surface area contributed by atoms with Crippen LogP contribution in [0.5, 0.6) is 0 Å². The lowest BCUT2D eigenvalue weighted by molar-refractivity contribution is -0.380. The quantitative estimate of drug-likeness (QED) is 0.473. The highest BCUT2D eigenvalue weighted by Gasteiger charge is 2.21. The number of thiophene rings is 1. The fraction of sp³-hybridized carbons (Fsp3) is 0.333. The van der Waals surface area contributed by atoms with E-state index in [1.807, 2.05) is 6.07 Å². The number of hydrogen-bond acceptors (Lipinski definition) is 8. The molecule has 2 aromatic heterocycles. The molecular weight excluding hydrogens is 417 g/mol. The number of nitro groups is 1. The van der Waals surface area contributed by atoms with Gasteiger partial charge in [0.25, 0.3) is 5.91 Å². The van der Waals surface area contributed by atoms with E-state index in [0.717, 1.165) is 47.3 Å². The maximum atomic E-state index is 13.8. The molecule has 0 atom stereocenters. The first kappa shape index (κ1) is 19.7. The third-order valence-corrected chi connectivity index (χ3v) is 6.83. The number of amides is 1. The molecule has 1 saturated heterocycles. The highest BCUT2D eigenvalue weighted by molar-refractivity contribution is 7.22.